The third-order valence-corrected chi connectivity index (χ3v) is 1.92. The van der Waals surface area contributed by atoms with Crippen molar-refractivity contribution in [3.05, 3.63) is 24.4 Å². The first-order chi connectivity index (χ1) is 8.47. The van der Waals surface area contributed by atoms with Crippen molar-refractivity contribution in [2.75, 3.05) is 12.0 Å². The number of nitrogen functional groups attached to an aromatic ring is 1. The summed E-state index contributed by atoms with van der Waals surface area (Å²) < 4.78 is 42.6. The fraction of sp³-hybridized carbons (Fsp3) is 0.400. The van der Waals surface area contributed by atoms with Gasteiger partial charge in [0.15, 0.2) is 5.69 Å². The molecule has 0 radical (unpaired) electrons. The van der Waals surface area contributed by atoms with Gasteiger partial charge in [-0.2, -0.15) is 18.2 Å². The second kappa shape index (κ2) is 6.20. The standard InChI is InChI=1S/C10H13F3N4O/c1-2-3-4-5-18-8-6-7(10(11,12)13)15-9(16-8)17-14/h2,6H,1,3-5,14H2,(H,15,16,17). The maximum Gasteiger partial charge on any atom is 0.433 e. The molecular formula is C10H13F3N4O. The molecule has 18 heavy (non-hydrogen) atoms. The van der Waals surface area contributed by atoms with Gasteiger partial charge in [0.1, 0.15) is 0 Å². The van der Waals surface area contributed by atoms with E-state index in [0.29, 0.717) is 12.8 Å². The van der Waals surface area contributed by atoms with Crippen LogP contribution >= 0.6 is 0 Å². The monoisotopic (exact) mass is 262 g/mol. The molecule has 0 fully saturated rings. The summed E-state index contributed by atoms with van der Waals surface area (Å²) in [5.74, 6) is 4.48. The number of allylic oxidation sites excluding steroid dienone is 1. The van der Waals surface area contributed by atoms with E-state index in [4.69, 9.17) is 10.6 Å². The normalized spacial score (nSPS) is 11.1. The fourth-order valence-corrected chi connectivity index (χ4v) is 1.11. The molecule has 1 rings (SSSR count). The van der Waals surface area contributed by atoms with Gasteiger partial charge in [-0.05, 0) is 12.8 Å². The molecule has 0 saturated carbocycles. The Labute approximate surface area is 102 Å². The summed E-state index contributed by atoms with van der Waals surface area (Å²) in [7, 11) is 0. The molecular weight excluding hydrogens is 249 g/mol. The summed E-state index contributed by atoms with van der Waals surface area (Å²) in [5, 5.41) is 0. The smallest absolute Gasteiger partial charge is 0.433 e. The molecule has 1 heterocycles. The highest BCUT2D eigenvalue weighted by atomic mass is 19.4. The lowest BCUT2D eigenvalue weighted by Gasteiger charge is -2.10. The average molecular weight is 262 g/mol. The number of hydrogen-bond acceptors (Lipinski definition) is 5. The van der Waals surface area contributed by atoms with Crippen molar-refractivity contribution < 1.29 is 17.9 Å². The highest BCUT2D eigenvalue weighted by Crippen LogP contribution is 2.30. The Hall–Kier alpha value is -1.83. The number of nitrogens with two attached hydrogens (primary N) is 1. The van der Waals surface area contributed by atoms with Crippen LogP contribution in [0.15, 0.2) is 18.7 Å². The van der Waals surface area contributed by atoms with Gasteiger partial charge in [0.05, 0.1) is 6.61 Å². The first-order valence-electron chi connectivity index (χ1n) is 5.14. The molecule has 1 aromatic heterocycles. The minimum atomic E-state index is -4.58. The van der Waals surface area contributed by atoms with E-state index in [1.807, 2.05) is 5.43 Å². The molecule has 3 N–H and O–H groups in total. The van der Waals surface area contributed by atoms with Crippen LogP contribution in [0.1, 0.15) is 18.5 Å². The van der Waals surface area contributed by atoms with Crippen LogP contribution in [0, 0.1) is 0 Å². The van der Waals surface area contributed by atoms with Crippen molar-refractivity contribution in [3.8, 4) is 5.88 Å². The summed E-state index contributed by atoms with van der Waals surface area (Å²) >= 11 is 0. The minimum absolute atomic E-state index is 0.172. The zero-order valence-corrected chi connectivity index (χ0v) is 9.50. The maximum atomic E-state index is 12.5. The Kier molecular flexibility index (Phi) is 4.90. The molecule has 0 saturated heterocycles. The maximum absolute atomic E-state index is 12.5. The van der Waals surface area contributed by atoms with Crippen molar-refractivity contribution in [2.24, 2.45) is 5.84 Å². The lowest BCUT2D eigenvalue weighted by molar-refractivity contribution is -0.141. The zero-order chi connectivity index (χ0) is 13.6. The van der Waals surface area contributed by atoms with E-state index < -0.39 is 11.9 Å². The lowest BCUT2D eigenvalue weighted by atomic mass is 10.3. The Bertz CT molecular complexity index is 409. The molecule has 0 spiro atoms. The van der Waals surface area contributed by atoms with Crippen molar-refractivity contribution in [2.45, 2.75) is 19.0 Å². The predicted octanol–water partition coefficient (Wildman–Crippen LogP) is 2.13. The first kappa shape index (κ1) is 14.2. The number of halogens is 3. The molecule has 8 heteroatoms. The molecule has 0 aromatic carbocycles. The zero-order valence-electron chi connectivity index (χ0n) is 9.50. The van der Waals surface area contributed by atoms with Crippen molar-refractivity contribution in [1.82, 2.24) is 9.97 Å². The first-order valence-corrected chi connectivity index (χ1v) is 5.14. The van der Waals surface area contributed by atoms with Gasteiger partial charge in [-0.3, -0.25) is 5.43 Å². The lowest BCUT2D eigenvalue weighted by Crippen LogP contribution is -2.16. The predicted molar refractivity (Wildman–Crippen MR) is 59.8 cm³/mol. The molecule has 0 aliphatic rings. The van der Waals surface area contributed by atoms with Crippen LogP contribution in [0.3, 0.4) is 0 Å². The van der Waals surface area contributed by atoms with E-state index in [1.165, 1.54) is 0 Å². The van der Waals surface area contributed by atoms with Gasteiger partial charge in [-0.25, -0.2) is 10.8 Å². The van der Waals surface area contributed by atoms with Gasteiger partial charge in [0.2, 0.25) is 11.8 Å². The van der Waals surface area contributed by atoms with Crippen LogP contribution < -0.4 is 16.0 Å². The summed E-state index contributed by atoms with van der Waals surface area (Å²) in [5.41, 5.74) is 0.856. The van der Waals surface area contributed by atoms with Crippen LogP contribution in [0.4, 0.5) is 19.1 Å². The Morgan fingerprint density at radius 1 is 1.44 bits per heavy atom. The topological polar surface area (TPSA) is 73.1 Å². The minimum Gasteiger partial charge on any atom is -0.478 e. The van der Waals surface area contributed by atoms with Gasteiger partial charge < -0.3 is 4.74 Å². The Morgan fingerprint density at radius 3 is 2.72 bits per heavy atom. The molecule has 0 aliphatic carbocycles. The van der Waals surface area contributed by atoms with Gasteiger partial charge in [-0.15, -0.1) is 6.58 Å². The molecule has 1 aromatic rings. The van der Waals surface area contributed by atoms with E-state index in [2.05, 4.69) is 16.5 Å². The summed E-state index contributed by atoms with van der Waals surface area (Å²) in [4.78, 5) is 6.87. The van der Waals surface area contributed by atoms with E-state index in [9.17, 15) is 13.2 Å². The third-order valence-electron chi connectivity index (χ3n) is 1.92. The number of hydrogen-bond donors (Lipinski definition) is 2. The molecule has 0 atom stereocenters. The Morgan fingerprint density at radius 2 is 2.17 bits per heavy atom. The van der Waals surface area contributed by atoms with Crippen LogP contribution in [0.5, 0.6) is 5.88 Å². The number of anilines is 1. The van der Waals surface area contributed by atoms with Crippen LogP contribution in [0.25, 0.3) is 0 Å². The number of nitrogens with one attached hydrogen (secondary N) is 1. The largest absolute Gasteiger partial charge is 0.478 e. The van der Waals surface area contributed by atoms with Crippen LogP contribution in [-0.2, 0) is 6.18 Å². The van der Waals surface area contributed by atoms with Crippen molar-refractivity contribution in [3.63, 3.8) is 0 Å². The van der Waals surface area contributed by atoms with E-state index >= 15 is 0 Å². The second-order valence-corrected chi connectivity index (χ2v) is 3.34. The number of ether oxygens (including phenoxy) is 1. The van der Waals surface area contributed by atoms with E-state index in [0.717, 1.165) is 6.07 Å². The second-order valence-electron chi connectivity index (χ2n) is 3.34. The highest BCUT2D eigenvalue weighted by molar-refractivity contribution is 5.30. The van der Waals surface area contributed by atoms with E-state index in [1.54, 1.807) is 6.08 Å². The molecule has 0 amide bonds. The van der Waals surface area contributed by atoms with Crippen LogP contribution in [0.2, 0.25) is 0 Å². The van der Waals surface area contributed by atoms with Crippen molar-refractivity contribution in [1.29, 1.82) is 0 Å². The summed E-state index contributed by atoms with van der Waals surface area (Å²) in [6.45, 7) is 3.76. The quantitative estimate of drug-likeness (QED) is 0.355. The molecule has 100 valence electrons. The van der Waals surface area contributed by atoms with Crippen LogP contribution in [-0.4, -0.2) is 16.6 Å². The van der Waals surface area contributed by atoms with Gasteiger partial charge in [0.25, 0.3) is 0 Å². The summed E-state index contributed by atoms with van der Waals surface area (Å²) in [6, 6.07) is 0.731. The molecule has 0 bridgehead atoms. The molecule has 0 aliphatic heterocycles. The van der Waals surface area contributed by atoms with Gasteiger partial charge in [0, 0.05) is 6.07 Å². The number of rotatable bonds is 6. The van der Waals surface area contributed by atoms with E-state index in [-0.39, 0.29) is 18.4 Å². The molecule has 5 nitrogen and oxygen atoms in total. The number of unbranched alkanes of at least 4 members (excludes halogenated alkanes) is 1. The average Bonchev–Trinajstić information content (AvgIpc) is 2.33. The van der Waals surface area contributed by atoms with Gasteiger partial charge >= 0.3 is 6.18 Å². The number of aromatic nitrogens is 2. The highest BCUT2D eigenvalue weighted by Gasteiger charge is 2.34. The number of hydrazine groups is 1. The molecule has 0 unspecified atom stereocenters. The number of alkyl halides is 3. The fourth-order valence-electron chi connectivity index (χ4n) is 1.11. The SMILES string of the molecule is C=CCCCOc1cc(C(F)(F)F)nc(NN)n1. The third kappa shape index (κ3) is 4.21. The van der Waals surface area contributed by atoms with Crippen molar-refractivity contribution >= 4 is 5.95 Å². The number of nitrogens with zero attached hydrogens (tertiary/aromatic N) is 2. The summed E-state index contributed by atoms with van der Waals surface area (Å²) in [6.07, 6.45) is -1.54. The Balaban J connectivity index is 2.81. The van der Waals surface area contributed by atoms with Gasteiger partial charge in [-0.1, -0.05) is 6.08 Å².